The second-order valence-electron chi connectivity index (χ2n) is 5.07. The van der Waals surface area contributed by atoms with Gasteiger partial charge < -0.3 is 4.74 Å². The molecule has 0 aromatic heterocycles. The molecule has 0 spiro atoms. The molecule has 0 aliphatic carbocycles. The highest BCUT2D eigenvalue weighted by atomic mass is 35.5. The van der Waals surface area contributed by atoms with Crippen molar-refractivity contribution in [3.63, 3.8) is 0 Å². The van der Waals surface area contributed by atoms with E-state index in [1.807, 2.05) is 49.6 Å². The average Bonchev–Trinajstić information content (AvgIpc) is 2.92. The predicted molar refractivity (Wildman–Crippen MR) is 95.0 cm³/mol. The molecule has 5 heteroatoms. The summed E-state index contributed by atoms with van der Waals surface area (Å²) in [5.74, 6) is -0.172. The van der Waals surface area contributed by atoms with E-state index in [2.05, 4.69) is 4.99 Å². The molecule has 0 N–H and O–H groups in total. The van der Waals surface area contributed by atoms with E-state index < -0.39 is 5.97 Å². The summed E-state index contributed by atoms with van der Waals surface area (Å²) in [5.41, 5.74) is 2.84. The Morgan fingerprint density at radius 2 is 1.91 bits per heavy atom. The van der Waals surface area contributed by atoms with Crippen LogP contribution in [0.1, 0.15) is 16.7 Å². The summed E-state index contributed by atoms with van der Waals surface area (Å²) < 4.78 is 5.25. The van der Waals surface area contributed by atoms with Gasteiger partial charge in [-0.05, 0) is 54.6 Å². The lowest BCUT2D eigenvalue weighted by Gasteiger charge is -2.02. The summed E-state index contributed by atoms with van der Waals surface area (Å²) in [6.07, 6.45) is 3.74. The molecule has 0 saturated carbocycles. The van der Waals surface area contributed by atoms with Gasteiger partial charge in [-0.25, -0.2) is 9.79 Å². The van der Waals surface area contributed by atoms with Crippen LogP contribution in [0.2, 0.25) is 5.02 Å². The molecule has 23 heavy (non-hydrogen) atoms. The third-order valence-electron chi connectivity index (χ3n) is 3.46. The fourth-order valence-electron chi connectivity index (χ4n) is 2.12. The van der Waals surface area contributed by atoms with Gasteiger partial charge in [-0.15, -0.1) is 11.8 Å². The van der Waals surface area contributed by atoms with Crippen LogP contribution in [0, 0.1) is 6.92 Å². The van der Waals surface area contributed by atoms with Crippen molar-refractivity contribution in [1.29, 1.82) is 0 Å². The van der Waals surface area contributed by atoms with Crippen LogP contribution in [0.5, 0.6) is 0 Å². The summed E-state index contributed by atoms with van der Waals surface area (Å²) in [4.78, 5) is 17.5. The highest BCUT2D eigenvalue weighted by molar-refractivity contribution is 7.98. The zero-order valence-corrected chi connectivity index (χ0v) is 14.2. The fraction of sp³-hybridized carbons (Fsp3) is 0.111. The Morgan fingerprint density at radius 3 is 2.57 bits per heavy atom. The van der Waals surface area contributed by atoms with Gasteiger partial charge >= 0.3 is 5.97 Å². The van der Waals surface area contributed by atoms with E-state index in [0.29, 0.717) is 10.6 Å². The Bertz CT molecular complexity index is 825. The summed E-state index contributed by atoms with van der Waals surface area (Å²) in [7, 11) is 0. The maximum absolute atomic E-state index is 12.0. The number of cyclic esters (lactones) is 1. The van der Waals surface area contributed by atoms with Gasteiger partial charge in [-0.2, -0.15) is 0 Å². The van der Waals surface area contributed by atoms with Crippen LogP contribution >= 0.6 is 23.4 Å². The first-order chi connectivity index (χ1) is 11.1. The standard InChI is InChI=1S/C18H14ClNO2S/c1-11-3-6-13(10-15(11)19)17-20-16(18(21)22-17)9-12-4-7-14(23-2)8-5-12/h3-10H,1-2H3/b16-9-. The Kier molecular flexibility index (Phi) is 4.55. The maximum atomic E-state index is 12.0. The number of hydrogen-bond donors (Lipinski definition) is 0. The minimum atomic E-state index is -0.453. The number of nitrogens with zero attached hydrogens (tertiary/aromatic N) is 1. The number of carbonyl (C=O) groups excluding carboxylic acids is 1. The molecule has 116 valence electrons. The zero-order valence-electron chi connectivity index (χ0n) is 12.7. The minimum Gasteiger partial charge on any atom is -0.402 e. The summed E-state index contributed by atoms with van der Waals surface area (Å²) >= 11 is 7.78. The van der Waals surface area contributed by atoms with Crippen molar-refractivity contribution in [3.8, 4) is 0 Å². The molecule has 0 bridgehead atoms. The van der Waals surface area contributed by atoms with Crippen LogP contribution in [-0.2, 0) is 9.53 Å². The van der Waals surface area contributed by atoms with Crippen molar-refractivity contribution < 1.29 is 9.53 Å². The third kappa shape index (κ3) is 3.49. The number of hydrogen-bond acceptors (Lipinski definition) is 4. The van der Waals surface area contributed by atoms with Gasteiger partial charge in [0.15, 0.2) is 5.70 Å². The Balaban J connectivity index is 1.90. The molecule has 0 atom stereocenters. The molecule has 3 nitrogen and oxygen atoms in total. The van der Waals surface area contributed by atoms with E-state index in [-0.39, 0.29) is 11.6 Å². The molecule has 3 rings (SSSR count). The van der Waals surface area contributed by atoms with E-state index in [1.165, 1.54) is 4.90 Å². The molecular weight excluding hydrogens is 330 g/mol. The van der Waals surface area contributed by atoms with Crippen molar-refractivity contribution in [2.75, 3.05) is 6.26 Å². The topological polar surface area (TPSA) is 38.7 Å². The number of halogens is 1. The van der Waals surface area contributed by atoms with Crippen molar-refractivity contribution in [2.24, 2.45) is 4.99 Å². The van der Waals surface area contributed by atoms with E-state index in [9.17, 15) is 4.79 Å². The number of ether oxygens (including phenoxy) is 1. The highest BCUT2D eigenvalue weighted by Crippen LogP contribution is 2.23. The van der Waals surface area contributed by atoms with E-state index in [0.717, 1.165) is 11.1 Å². The van der Waals surface area contributed by atoms with Crippen LogP contribution in [0.15, 0.2) is 58.0 Å². The van der Waals surface area contributed by atoms with Gasteiger partial charge in [-0.1, -0.05) is 29.8 Å². The van der Waals surface area contributed by atoms with Crippen molar-refractivity contribution in [3.05, 3.63) is 69.9 Å². The number of carbonyl (C=O) groups is 1. The van der Waals surface area contributed by atoms with Crippen molar-refractivity contribution >= 4 is 41.3 Å². The Morgan fingerprint density at radius 1 is 1.17 bits per heavy atom. The second-order valence-corrected chi connectivity index (χ2v) is 6.36. The SMILES string of the molecule is CSc1ccc(/C=C2\N=C(c3ccc(C)c(Cl)c3)OC2=O)cc1. The molecule has 0 saturated heterocycles. The lowest BCUT2D eigenvalue weighted by atomic mass is 10.1. The van der Waals surface area contributed by atoms with E-state index >= 15 is 0 Å². The highest BCUT2D eigenvalue weighted by Gasteiger charge is 2.24. The molecule has 2 aromatic rings. The number of rotatable bonds is 3. The van der Waals surface area contributed by atoms with Crippen LogP contribution in [0.4, 0.5) is 0 Å². The van der Waals surface area contributed by atoms with Gasteiger partial charge in [0.05, 0.1) is 0 Å². The van der Waals surface area contributed by atoms with E-state index in [1.54, 1.807) is 23.9 Å². The molecule has 1 heterocycles. The van der Waals surface area contributed by atoms with Crippen LogP contribution in [0.3, 0.4) is 0 Å². The van der Waals surface area contributed by atoms with Gasteiger partial charge in [0.1, 0.15) is 0 Å². The zero-order chi connectivity index (χ0) is 16.4. The second kappa shape index (κ2) is 6.60. The molecule has 2 aromatic carbocycles. The fourth-order valence-corrected chi connectivity index (χ4v) is 2.71. The molecule has 0 unspecified atom stereocenters. The normalized spacial score (nSPS) is 15.7. The molecule has 1 aliphatic rings. The van der Waals surface area contributed by atoms with Crippen LogP contribution in [-0.4, -0.2) is 18.1 Å². The van der Waals surface area contributed by atoms with E-state index in [4.69, 9.17) is 16.3 Å². The summed E-state index contributed by atoms with van der Waals surface area (Å²) in [5, 5.41) is 0.617. The first kappa shape index (κ1) is 15.8. The smallest absolute Gasteiger partial charge is 0.363 e. The molecule has 0 amide bonds. The first-order valence-corrected chi connectivity index (χ1v) is 8.60. The number of aliphatic imine (C=N–C) groups is 1. The molecule has 0 fully saturated rings. The quantitative estimate of drug-likeness (QED) is 0.460. The van der Waals surface area contributed by atoms with Gasteiger partial charge in [-0.3, -0.25) is 0 Å². The third-order valence-corrected chi connectivity index (χ3v) is 4.61. The average molecular weight is 344 g/mol. The minimum absolute atomic E-state index is 0.281. The summed E-state index contributed by atoms with van der Waals surface area (Å²) in [6, 6.07) is 13.4. The van der Waals surface area contributed by atoms with Crippen molar-refractivity contribution in [1.82, 2.24) is 0 Å². The monoisotopic (exact) mass is 343 g/mol. The van der Waals surface area contributed by atoms with Crippen LogP contribution < -0.4 is 0 Å². The molecule has 1 aliphatic heterocycles. The first-order valence-electron chi connectivity index (χ1n) is 7.00. The largest absolute Gasteiger partial charge is 0.402 e. The van der Waals surface area contributed by atoms with Gasteiger partial charge in [0, 0.05) is 15.5 Å². The number of thioether (sulfide) groups is 1. The number of esters is 1. The maximum Gasteiger partial charge on any atom is 0.363 e. The molecule has 0 radical (unpaired) electrons. The predicted octanol–water partition coefficient (Wildman–Crippen LogP) is 4.71. The van der Waals surface area contributed by atoms with Gasteiger partial charge in [0.2, 0.25) is 5.90 Å². The number of benzene rings is 2. The Hall–Kier alpha value is -2.04. The van der Waals surface area contributed by atoms with Gasteiger partial charge in [0.25, 0.3) is 0 Å². The molecular formula is C18H14ClNO2S. The Labute approximate surface area is 144 Å². The lowest BCUT2D eigenvalue weighted by molar-refractivity contribution is -0.129. The number of aryl methyl sites for hydroxylation is 1. The lowest BCUT2D eigenvalue weighted by Crippen LogP contribution is -2.05. The van der Waals surface area contributed by atoms with Crippen LogP contribution in [0.25, 0.3) is 6.08 Å². The summed E-state index contributed by atoms with van der Waals surface area (Å²) in [6.45, 7) is 1.91. The van der Waals surface area contributed by atoms with Crippen molar-refractivity contribution in [2.45, 2.75) is 11.8 Å².